The molecule has 2 aliphatic rings. The van der Waals surface area contributed by atoms with E-state index < -0.39 is 0 Å². The Balaban J connectivity index is 2.29. The van der Waals surface area contributed by atoms with Gasteiger partial charge in [-0.25, -0.2) is 0 Å². The highest BCUT2D eigenvalue weighted by atomic mass is 16.3. The first kappa shape index (κ1) is 12.6. The van der Waals surface area contributed by atoms with E-state index in [2.05, 4.69) is 13.5 Å². The average Bonchev–Trinajstić information content (AvgIpc) is 2.33. The summed E-state index contributed by atoms with van der Waals surface area (Å²) in [7, 11) is 0. The predicted molar refractivity (Wildman–Crippen MR) is 68.6 cm³/mol. The zero-order valence-corrected chi connectivity index (χ0v) is 10.9. The van der Waals surface area contributed by atoms with Crippen molar-refractivity contribution >= 4 is 5.78 Å². The molecule has 0 bridgehead atoms. The first-order valence-electron chi connectivity index (χ1n) is 6.50. The fraction of sp³-hybridized carbons (Fsp3) is 0.667. The Kier molecular flexibility index (Phi) is 3.26. The smallest absolute Gasteiger partial charge is 0.158 e. The Labute approximate surface area is 103 Å². The van der Waals surface area contributed by atoms with Crippen molar-refractivity contribution in [3.63, 3.8) is 0 Å². The Hall–Kier alpha value is -0.890. The van der Waals surface area contributed by atoms with Gasteiger partial charge in [-0.05, 0) is 55.1 Å². The van der Waals surface area contributed by atoms with Gasteiger partial charge < -0.3 is 5.11 Å². The molecule has 2 aliphatic carbocycles. The van der Waals surface area contributed by atoms with E-state index in [1.165, 1.54) is 5.57 Å². The number of hydrogen-bond acceptors (Lipinski definition) is 2. The molecule has 2 nitrogen and oxygen atoms in total. The van der Waals surface area contributed by atoms with Crippen LogP contribution in [0.2, 0.25) is 0 Å². The number of allylic oxidation sites excluding steroid dienone is 2. The SMILES string of the molecule is C=C(CO)[C@@H]1CCC2(C)CCC(=O)C(C)=C2C1. The molecule has 1 saturated carbocycles. The lowest BCUT2D eigenvalue weighted by atomic mass is 9.61. The molecule has 1 fully saturated rings. The van der Waals surface area contributed by atoms with Crippen LogP contribution in [0.3, 0.4) is 0 Å². The molecular weight excluding hydrogens is 212 g/mol. The highest BCUT2D eigenvalue weighted by Gasteiger charge is 2.40. The van der Waals surface area contributed by atoms with Gasteiger partial charge in [-0.3, -0.25) is 4.79 Å². The maximum atomic E-state index is 11.8. The lowest BCUT2D eigenvalue weighted by Crippen LogP contribution is -2.34. The van der Waals surface area contributed by atoms with Gasteiger partial charge in [0.1, 0.15) is 0 Å². The molecule has 0 heterocycles. The average molecular weight is 234 g/mol. The van der Waals surface area contributed by atoms with Crippen molar-refractivity contribution in [2.24, 2.45) is 11.3 Å². The van der Waals surface area contributed by atoms with Crippen molar-refractivity contribution in [3.8, 4) is 0 Å². The summed E-state index contributed by atoms with van der Waals surface area (Å²) in [6.45, 7) is 8.27. The highest BCUT2D eigenvalue weighted by molar-refractivity contribution is 5.96. The van der Waals surface area contributed by atoms with Crippen LogP contribution in [0.25, 0.3) is 0 Å². The molecule has 0 aliphatic heterocycles. The van der Waals surface area contributed by atoms with Gasteiger partial charge in [-0.2, -0.15) is 0 Å². The van der Waals surface area contributed by atoms with Gasteiger partial charge in [0.25, 0.3) is 0 Å². The van der Waals surface area contributed by atoms with E-state index in [4.69, 9.17) is 0 Å². The van der Waals surface area contributed by atoms with Crippen LogP contribution in [0.1, 0.15) is 46.0 Å². The third-order valence-corrected chi connectivity index (χ3v) is 4.78. The van der Waals surface area contributed by atoms with E-state index in [9.17, 15) is 9.90 Å². The van der Waals surface area contributed by atoms with Crippen LogP contribution in [0.4, 0.5) is 0 Å². The normalized spacial score (nSPS) is 33.6. The van der Waals surface area contributed by atoms with Crippen molar-refractivity contribution in [2.45, 2.75) is 46.0 Å². The molecule has 17 heavy (non-hydrogen) atoms. The number of aliphatic hydroxyl groups excluding tert-OH is 1. The fourth-order valence-electron chi connectivity index (χ4n) is 3.34. The van der Waals surface area contributed by atoms with E-state index in [-0.39, 0.29) is 12.0 Å². The summed E-state index contributed by atoms with van der Waals surface area (Å²) in [5.41, 5.74) is 3.46. The molecule has 0 amide bonds. The van der Waals surface area contributed by atoms with Crippen molar-refractivity contribution in [3.05, 3.63) is 23.3 Å². The Morgan fingerprint density at radius 2 is 2.24 bits per heavy atom. The largest absolute Gasteiger partial charge is 0.392 e. The molecule has 0 aromatic rings. The molecule has 2 heteroatoms. The first-order chi connectivity index (χ1) is 7.98. The highest BCUT2D eigenvalue weighted by Crippen LogP contribution is 2.51. The molecule has 0 radical (unpaired) electrons. The minimum Gasteiger partial charge on any atom is -0.392 e. The number of fused-ring (bicyclic) bond motifs is 1. The lowest BCUT2D eigenvalue weighted by Gasteiger charge is -2.44. The maximum Gasteiger partial charge on any atom is 0.158 e. The molecule has 2 atom stereocenters. The zero-order valence-electron chi connectivity index (χ0n) is 10.9. The van der Waals surface area contributed by atoms with Gasteiger partial charge >= 0.3 is 0 Å². The maximum absolute atomic E-state index is 11.8. The lowest BCUT2D eigenvalue weighted by molar-refractivity contribution is -0.117. The molecular formula is C15H22O2. The second kappa shape index (κ2) is 4.41. The first-order valence-corrected chi connectivity index (χ1v) is 6.50. The summed E-state index contributed by atoms with van der Waals surface area (Å²) < 4.78 is 0. The van der Waals surface area contributed by atoms with Crippen LogP contribution in [0.15, 0.2) is 23.3 Å². The predicted octanol–water partition coefficient (Wildman–Crippen LogP) is 3.02. The van der Waals surface area contributed by atoms with E-state index in [1.54, 1.807) is 0 Å². The Bertz CT molecular complexity index is 392. The number of aliphatic hydroxyl groups is 1. The van der Waals surface area contributed by atoms with Crippen LogP contribution >= 0.6 is 0 Å². The number of rotatable bonds is 2. The molecule has 1 unspecified atom stereocenters. The molecule has 0 aromatic heterocycles. The van der Waals surface area contributed by atoms with Crippen LogP contribution < -0.4 is 0 Å². The molecule has 0 aromatic carbocycles. The fourth-order valence-corrected chi connectivity index (χ4v) is 3.34. The summed E-state index contributed by atoms with van der Waals surface area (Å²) in [4.78, 5) is 11.8. The zero-order chi connectivity index (χ0) is 12.6. The Morgan fingerprint density at radius 3 is 2.88 bits per heavy atom. The number of carbonyl (C=O) groups is 1. The van der Waals surface area contributed by atoms with Gasteiger partial charge in [-0.1, -0.05) is 19.1 Å². The van der Waals surface area contributed by atoms with E-state index >= 15 is 0 Å². The molecule has 0 spiro atoms. The summed E-state index contributed by atoms with van der Waals surface area (Å²) in [5.74, 6) is 0.677. The van der Waals surface area contributed by atoms with Crippen molar-refractivity contribution in [1.82, 2.24) is 0 Å². The summed E-state index contributed by atoms with van der Waals surface area (Å²) in [6.07, 6.45) is 4.85. The minimum atomic E-state index is 0.0711. The summed E-state index contributed by atoms with van der Waals surface area (Å²) in [6, 6.07) is 0. The van der Waals surface area contributed by atoms with Crippen LogP contribution in [0, 0.1) is 11.3 Å². The summed E-state index contributed by atoms with van der Waals surface area (Å²) in [5, 5.41) is 9.18. The van der Waals surface area contributed by atoms with E-state index in [0.29, 0.717) is 18.1 Å². The van der Waals surface area contributed by atoms with Crippen LogP contribution in [-0.2, 0) is 4.79 Å². The van der Waals surface area contributed by atoms with Gasteiger partial charge in [0.15, 0.2) is 5.78 Å². The molecule has 0 saturated heterocycles. The van der Waals surface area contributed by atoms with Crippen molar-refractivity contribution in [2.75, 3.05) is 6.61 Å². The number of hydrogen-bond donors (Lipinski definition) is 1. The molecule has 94 valence electrons. The molecule has 1 N–H and O–H groups in total. The van der Waals surface area contributed by atoms with E-state index in [0.717, 1.165) is 36.8 Å². The standard InChI is InChI=1S/C15H22O2/c1-10(9-16)12-4-6-15(3)7-5-14(17)11(2)13(15)8-12/h12,16H,1,4-9H2,2-3H3/t12-,15?/m1/s1. The topological polar surface area (TPSA) is 37.3 Å². The van der Waals surface area contributed by atoms with Gasteiger partial charge in [-0.15, -0.1) is 0 Å². The van der Waals surface area contributed by atoms with Gasteiger partial charge in [0.05, 0.1) is 6.61 Å². The van der Waals surface area contributed by atoms with Crippen molar-refractivity contribution < 1.29 is 9.90 Å². The number of ketones is 1. The third kappa shape index (κ3) is 2.11. The Morgan fingerprint density at radius 1 is 1.53 bits per heavy atom. The van der Waals surface area contributed by atoms with Gasteiger partial charge in [0.2, 0.25) is 0 Å². The van der Waals surface area contributed by atoms with Crippen LogP contribution in [-0.4, -0.2) is 17.5 Å². The second-order valence-electron chi connectivity index (χ2n) is 5.84. The third-order valence-electron chi connectivity index (χ3n) is 4.78. The van der Waals surface area contributed by atoms with Gasteiger partial charge in [0, 0.05) is 6.42 Å². The minimum absolute atomic E-state index is 0.0711. The van der Waals surface area contributed by atoms with Crippen LogP contribution in [0.5, 0.6) is 0 Å². The van der Waals surface area contributed by atoms with E-state index in [1.807, 2.05) is 6.92 Å². The van der Waals surface area contributed by atoms with Crippen molar-refractivity contribution in [1.29, 1.82) is 0 Å². The number of Topliss-reactive ketones (excluding diaryl/α,β-unsaturated/α-hetero) is 1. The second-order valence-corrected chi connectivity index (χ2v) is 5.84. The quantitative estimate of drug-likeness (QED) is 0.746. The number of carbonyl (C=O) groups excluding carboxylic acids is 1. The molecule has 2 rings (SSSR count). The monoisotopic (exact) mass is 234 g/mol. The summed E-state index contributed by atoms with van der Waals surface area (Å²) >= 11 is 0.